The van der Waals surface area contributed by atoms with Crippen LogP contribution in [0.25, 0.3) is 0 Å². The lowest BCUT2D eigenvalue weighted by atomic mass is 10.0. The summed E-state index contributed by atoms with van der Waals surface area (Å²) in [6.07, 6.45) is 0.430. The van der Waals surface area contributed by atoms with Crippen LogP contribution in [0.5, 0.6) is 0 Å². The Morgan fingerprint density at radius 2 is 2.21 bits per heavy atom. The zero-order valence-electron chi connectivity index (χ0n) is 7.88. The van der Waals surface area contributed by atoms with Crippen molar-refractivity contribution in [3.05, 3.63) is 33.8 Å². The van der Waals surface area contributed by atoms with Crippen molar-refractivity contribution < 1.29 is 9.90 Å². The Balaban J connectivity index is 3.20. The molecule has 1 aromatic carbocycles. The smallest absolute Gasteiger partial charge is 0.248 e. The quantitative estimate of drug-likeness (QED) is 0.795. The van der Waals surface area contributed by atoms with E-state index in [1.54, 1.807) is 19.1 Å². The Hall–Kier alpha value is -1.06. The number of aliphatic hydroxyl groups is 1. The number of benzene rings is 1. The van der Waals surface area contributed by atoms with Gasteiger partial charge in [0.05, 0.1) is 0 Å². The maximum absolute atomic E-state index is 11.0. The molecule has 0 saturated heterocycles. The van der Waals surface area contributed by atoms with E-state index < -0.39 is 5.91 Å². The molecule has 4 heteroatoms. The van der Waals surface area contributed by atoms with E-state index >= 15 is 0 Å². The zero-order chi connectivity index (χ0) is 10.7. The maximum atomic E-state index is 11.0. The van der Waals surface area contributed by atoms with Crippen LogP contribution >= 0.6 is 11.6 Å². The molecule has 1 rings (SSSR count). The Kier molecular flexibility index (Phi) is 3.49. The van der Waals surface area contributed by atoms with Crippen LogP contribution in [0.4, 0.5) is 0 Å². The van der Waals surface area contributed by atoms with Crippen molar-refractivity contribution in [2.75, 3.05) is 6.61 Å². The van der Waals surface area contributed by atoms with E-state index in [-0.39, 0.29) is 6.61 Å². The number of primary amides is 1. The largest absolute Gasteiger partial charge is 0.396 e. The van der Waals surface area contributed by atoms with Gasteiger partial charge in [-0.25, -0.2) is 0 Å². The topological polar surface area (TPSA) is 63.3 Å². The van der Waals surface area contributed by atoms with Crippen LogP contribution in [0.1, 0.15) is 21.5 Å². The molecule has 1 aromatic rings. The molecule has 1 amide bonds. The lowest BCUT2D eigenvalue weighted by Gasteiger charge is -2.07. The highest BCUT2D eigenvalue weighted by atomic mass is 35.5. The van der Waals surface area contributed by atoms with Gasteiger partial charge in [0.25, 0.3) is 0 Å². The van der Waals surface area contributed by atoms with E-state index in [0.717, 1.165) is 11.1 Å². The molecule has 0 unspecified atom stereocenters. The zero-order valence-corrected chi connectivity index (χ0v) is 8.64. The Morgan fingerprint density at radius 1 is 1.57 bits per heavy atom. The number of hydrogen-bond donors (Lipinski definition) is 2. The summed E-state index contributed by atoms with van der Waals surface area (Å²) in [6.45, 7) is 1.77. The molecule has 0 fully saturated rings. The average Bonchev–Trinajstić information content (AvgIpc) is 2.09. The van der Waals surface area contributed by atoms with E-state index in [4.69, 9.17) is 22.4 Å². The summed E-state index contributed by atoms with van der Waals surface area (Å²) in [5.41, 5.74) is 7.14. The molecule has 0 heterocycles. The molecular weight excluding hydrogens is 202 g/mol. The first-order chi connectivity index (χ1) is 6.56. The summed E-state index contributed by atoms with van der Waals surface area (Å²) < 4.78 is 0. The van der Waals surface area contributed by atoms with Crippen LogP contribution in [-0.4, -0.2) is 17.6 Å². The standard InChI is InChI=1S/C10H12ClNO2/c1-6-4-9(11)7(2-3-13)5-8(6)10(12)14/h4-5,13H,2-3H2,1H3,(H2,12,14). The molecule has 3 N–H and O–H groups in total. The summed E-state index contributed by atoms with van der Waals surface area (Å²) in [4.78, 5) is 11.0. The molecular formula is C10H12ClNO2. The highest BCUT2D eigenvalue weighted by Gasteiger charge is 2.09. The second-order valence-electron chi connectivity index (χ2n) is 3.10. The number of halogens is 1. The first-order valence-electron chi connectivity index (χ1n) is 4.26. The monoisotopic (exact) mass is 213 g/mol. The van der Waals surface area contributed by atoms with Gasteiger partial charge in [0, 0.05) is 17.2 Å². The highest BCUT2D eigenvalue weighted by molar-refractivity contribution is 6.31. The van der Waals surface area contributed by atoms with Crippen LogP contribution in [0.3, 0.4) is 0 Å². The van der Waals surface area contributed by atoms with Gasteiger partial charge in [-0.2, -0.15) is 0 Å². The molecule has 0 aliphatic rings. The Morgan fingerprint density at radius 3 is 2.71 bits per heavy atom. The molecule has 0 bridgehead atoms. The van der Waals surface area contributed by atoms with Gasteiger partial charge >= 0.3 is 0 Å². The van der Waals surface area contributed by atoms with E-state index in [1.165, 1.54) is 0 Å². The van der Waals surface area contributed by atoms with Crippen LogP contribution in [0.15, 0.2) is 12.1 Å². The summed E-state index contributed by atoms with van der Waals surface area (Å²) in [5, 5.41) is 9.33. The van der Waals surface area contributed by atoms with Crippen molar-refractivity contribution in [1.29, 1.82) is 0 Å². The number of aryl methyl sites for hydroxylation is 1. The van der Waals surface area contributed by atoms with Gasteiger partial charge in [-0.15, -0.1) is 0 Å². The SMILES string of the molecule is Cc1cc(Cl)c(CCO)cc1C(N)=O. The third-order valence-corrected chi connectivity index (χ3v) is 2.39. The highest BCUT2D eigenvalue weighted by Crippen LogP contribution is 2.21. The van der Waals surface area contributed by atoms with Gasteiger partial charge in [0.1, 0.15) is 0 Å². The summed E-state index contributed by atoms with van der Waals surface area (Å²) >= 11 is 5.92. The Bertz CT molecular complexity index is 363. The number of hydrogen-bond acceptors (Lipinski definition) is 2. The number of rotatable bonds is 3. The number of aliphatic hydroxyl groups excluding tert-OH is 1. The first kappa shape index (κ1) is 11.0. The van der Waals surface area contributed by atoms with Crippen molar-refractivity contribution >= 4 is 17.5 Å². The molecule has 0 aromatic heterocycles. The van der Waals surface area contributed by atoms with Crippen LogP contribution in [0.2, 0.25) is 5.02 Å². The van der Waals surface area contributed by atoms with Crippen LogP contribution < -0.4 is 5.73 Å². The summed E-state index contributed by atoms with van der Waals surface area (Å²) in [5.74, 6) is -0.474. The minimum atomic E-state index is -0.474. The lowest BCUT2D eigenvalue weighted by molar-refractivity contribution is 0.0999. The number of nitrogens with two attached hydrogens (primary N) is 1. The number of carbonyl (C=O) groups is 1. The number of amides is 1. The second-order valence-corrected chi connectivity index (χ2v) is 3.50. The van der Waals surface area contributed by atoms with E-state index in [1.807, 2.05) is 0 Å². The van der Waals surface area contributed by atoms with Crippen molar-refractivity contribution in [3.8, 4) is 0 Å². The second kappa shape index (κ2) is 4.44. The fourth-order valence-corrected chi connectivity index (χ4v) is 1.61. The van der Waals surface area contributed by atoms with Gasteiger partial charge in [-0.05, 0) is 36.6 Å². The molecule has 76 valence electrons. The molecule has 0 radical (unpaired) electrons. The molecule has 14 heavy (non-hydrogen) atoms. The minimum absolute atomic E-state index is 0.000975. The maximum Gasteiger partial charge on any atom is 0.248 e. The Labute approximate surface area is 87.5 Å². The van der Waals surface area contributed by atoms with Gasteiger partial charge in [0.2, 0.25) is 5.91 Å². The van der Waals surface area contributed by atoms with Crippen LogP contribution in [-0.2, 0) is 6.42 Å². The molecule has 0 saturated carbocycles. The van der Waals surface area contributed by atoms with E-state index in [2.05, 4.69) is 0 Å². The average molecular weight is 214 g/mol. The predicted molar refractivity (Wildman–Crippen MR) is 55.5 cm³/mol. The van der Waals surface area contributed by atoms with Gasteiger partial charge in [-0.1, -0.05) is 11.6 Å². The van der Waals surface area contributed by atoms with Gasteiger partial charge in [-0.3, -0.25) is 4.79 Å². The third-order valence-electron chi connectivity index (χ3n) is 2.04. The molecule has 3 nitrogen and oxygen atoms in total. The predicted octanol–water partition coefficient (Wildman–Crippen LogP) is 1.28. The summed E-state index contributed by atoms with van der Waals surface area (Å²) in [6, 6.07) is 3.32. The van der Waals surface area contributed by atoms with Crippen molar-refractivity contribution in [1.82, 2.24) is 0 Å². The number of carbonyl (C=O) groups excluding carboxylic acids is 1. The fourth-order valence-electron chi connectivity index (χ4n) is 1.30. The van der Waals surface area contributed by atoms with Crippen molar-refractivity contribution in [2.24, 2.45) is 5.73 Å². The molecule has 0 aliphatic heterocycles. The van der Waals surface area contributed by atoms with Gasteiger partial charge in [0.15, 0.2) is 0 Å². The fraction of sp³-hybridized carbons (Fsp3) is 0.300. The van der Waals surface area contributed by atoms with E-state index in [0.29, 0.717) is 17.0 Å². The molecule has 0 aliphatic carbocycles. The third kappa shape index (κ3) is 2.25. The van der Waals surface area contributed by atoms with Crippen molar-refractivity contribution in [3.63, 3.8) is 0 Å². The molecule has 0 spiro atoms. The van der Waals surface area contributed by atoms with E-state index in [9.17, 15) is 4.79 Å². The van der Waals surface area contributed by atoms with Crippen LogP contribution in [0, 0.1) is 6.92 Å². The van der Waals surface area contributed by atoms with Crippen molar-refractivity contribution in [2.45, 2.75) is 13.3 Å². The molecule has 0 atom stereocenters. The van der Waals surface area contributed by atoms with Gasteiger partial charge < -0.3 is 10.8 Å². The first-order valence-corrected chi connectivity index (χ1v) is 4.63. The normalized spacial score (nSPS) is 10.2. The minimum Gasteiger partial charge on any atom is -0.396 e. The summed E-state index contributed by atoms with van der Waals surface area (Å²) in [7, 11) is 0. The lowest BCUT2D eigenvalue weighted by Crippen LogP contribution is -2.13.